The molecule has 0 N–H and O–H groups in total. The van der Waals surface area contributed by atoms with Crippen LogP contribution >= 0.6 is 0 Å². The molecule has 3 heterocycles. The van der Waals surface area contributed by atoms with Crippen LogP contribution < -0.4 is 0 Å². The van der Waals surface area contributed by atoms with E-state index in [1.54, 1.807) is 0 Å². The number of hydrogen-bond acceptors (Lipinski definition) is 3. The summed E-state index contributed by atoms with van der Waals surface area (Å²) in [6.45, 7) is 0. The van der Waals surface area contributed by atoms with Crippen LogP contribution in [0.2, 0.25) is 0 Å². The second kappa shape index (κ2) is 13.0. The summed E-state index contributed by atoms with van der Waals surface area (Å²) in [5.74, 6) is 1.74. The van der Waals surface area contributed by atoms with Crippen LogP contribution in [0.1, 0.15) is 0 Å². The Hall–Kier alpha value is -7.63. The molecule has 3 aromatic heterocycles. The lowest BCUT2D eigenvalue weighted by Crippen LogP contribution is -2.10. The smallest absolute Gasteiger partial charge is 0.240 e. The maximum absolute atomic E-state index is 5.27. The van der Waals surface area contributed by atoms with Crippen molar-refractivity contribution in [3.63, 3.8) is 0 Å². The van der Waals surface area contributed by atoms with Gasteiger partial charge in [0, 0.05) is 27.1 Å². The molecule has 0 amide bonds. The molecule has 11 rings (SSSR count). The van der Waals surface area contributed by atoms with E-state index in [0.717, 1.165) is 60.3 Å². The molecule has 0 aliphatic heterocycles. The summed E-state index contributed by atoms with van der Waals surface area (Å²) in [5.41, 5.74) is 12.1. The highest BCUT2D eigenvalue weighted by Gasteiger charge is 2.20. The Balaban J connectivity index is 1.04. The predicted octanol–water partition coefficient (Wildman–Crippen LogP) is 12.7. The molecule has 8 aromatic carbocycles. The predicted molar refractivity (Wildman–Crippen MR) is 230 cm³/mol. The maximum Gasteiger partial charge on any atom is 0.240 e. The lowest BCUT2D eigenvalue weighted by atomic mass is 9.97. The highest BCUT2D eigenvalue weighted by Crippen LogP contribution is 2.35. The summed E-state index contributed by atoms with van der Waals surface area (Å²) in [6.07, 6.45) is 0. The molecular formula is C51H33N5. The minimum Gasteiger partial charge on any atom is -0.278 e. The fraction of sp³-hybridized carbons (Fsp3) is 0. The van der Waals surface area contributed by atoms with Gasteiger partial charge in [-0.3, -0.25) is 9.13 Å². The van der Waals surface area contributed by atoms with Crippen molar-refractivity contribution >= 4 is 43.6 Å². The van der Waals surface area contributed by atoms with Crippen molar-refractivity contribution in [3.05, 3.63) is 200 Å². The van der Waals surface area contributed by atoms with Crippen LogP contribution in [0, 0.1) is 0 Å². The number of rotatable bonds is 6. The minimum atomic E-state index is 0.569. The Labute approximate surface area is 323 Å². The molecule has 0 aliphatic carbocycles. The zero-order valence-electron chi connectivity index (χ0n) is 30.3. The van der Waals surface area contributed by atoms with Crippen LogP contribution in [0.4, 0.5) is 0 Å². The summed E-state index contributed by atoms with van der Waals surface area (Å²) >= 11 is 0. The average molecular weight is 716 g/mol. The van der Waals surface area contributed by atoms with Crippen LogP contribution in [0.25, 0.3) is 100 Å². The molecule has 5 heteroatoms. The van der Waals surface area contributed by atoms with E-state index in [0.29, 0.717) is 17.7 Å². The lowest BCUT2D eigenvalue weighted by molar-refractivity contribution is 0.893. The maximum atomic E-state index is 5.27. The van der Waals surface area contributed by atoms with E-state index in [1.807, 2.05) is 0 Å². The SMILES string of the molecule is c1ccc(-c2ccc(-c3cccc(-c4ccc(-c5nc(-n6c7ccccc7c7ccccc76)nc(-n6c7ccccc7c7ccccc76)n5)cc4)c3)cc2)cc1. The van der Waals surface area contributed by atoms with Gasteiger partial charge in [-0.05, 0) is 63.7 Å². The van der Waals surface area contributed by atoms with E-state index in [1.165, 1.54) is 22.3 Å². The Morgan fingerprint density at radius 1 is 0.250 bits per heavy atom. The zero-order chi connectivity index (χ0) is 37.0. The van der Waals surface area contributed by atoms with E-state index in [2.05, 4.69) is 209 Å². The first kappa shape index (κ1) is 31.9. The number of aromatic nitrogens is 5. The van der Waals surface area contributed by atoms with Gasteiger partial charge in [0.15, 0.2) is 5.82 Å². The second-order valence-electron chi connectivity index (χ2n) is 14.1. The topological polar surface area (TPSA) is 48.5 Å². The van der Waals surface area contributed by atoms with Crippen LogP contribution in [0.3, 0.4) is 0 Å². The fourth-order valence-corrected chi connectivity index (χ4v) is 8.13. The van der Waals surface area contributed by atoms with E-state index < -0.39 is 0 Å². The Morgan fingerprint density at radius 2 is 0.571 bits per heavy atom. The molecule has 0 atom stereocenters. The monoisotopic (exact) mass is 715 g/mol. The fourth-order valence-electron chi connectivity index (χ4n) is 8.13. The first-order valence-electron chi connectivity index (χ1n) is 18.9. The molecule has 56 heavy (non-hydrogen) atoms. The van der Waals surface area contributed by atoms with Crippen molar-refractivity contribution in [2.24, 2.45) is 0 Å². The third kappa shape index (κ3) is 5.29. The molecule has 0 saturated carbocycles. The molecular weight excluding hydrogens is 683 g/mol. The zero-order valence-corrected chi connectivity index (χ0v) is 30.3. The average Bonchev–Trinajstić information content (AvgIpc) is 3.80. The van der Waals surface area contributed by atoms with Crippen LogP contribution in [0.15, 0.2) is 200 Å². The molecule has 0 radical (unpaired) electrons. The number of nitrogens with zero attached hydrogens (tertiary/aromatic N) is 5. The molecule has 0 fully saturated rings. The van der Waals surface area contributed by atoms with Gasteiger partial charge in [0.05, 0.1) is 22.1 Å². The van der Waals surface area contributed by atoms with Crippen molar-refractivity contribution in [2.75, 3.05) is 0 Å². The Kier molecular flexibility index (Phi) is 7.42. The van der Waals surface area contributed by atoms with Crippen molar-refractivity contribution in [1.82, 2.24) is 24.1 Å². The lowest BCUT2D eigenvalue weighted by Gasteiger charge is -2.13. The minimum absolute atomic E-state index is 0.569. The second-order valence-corrected chi connectivity index (χ2v) is 14.1. The van der Waals surface area contributed by atoms with Gasteiger partial charge in [-0.1, -0.05) is 170 Å². The van der Waals surface area contributed by atoms with Crippen molar-refractivity contribution in [3.8, 4) is 56.7 Å². The summed E-state index contributed by atoms with van der Waals surface area (Å²) < 4.78 is 4.33. The summed E-state index contributed by atoms with van der Waals surface area (Å²) in [6, 6.07) is 70.4. The number of benzene rings is 8. The molecule has 11 aromatic rings. The molecule has 0 aliphatic rings. The molecule has 0 unspecified atom stereocenters. The molecule has 0 spiro atoms. The van der Waals surface area contributed by atoms with Crippen molar-refractivity contribution in [2.45, 2.75) is 0 Å². The molecule has 5 nitrogen and oxygen atoms in total. The third-order valence-corrected chi connectivity index (χ3v) is 10.8. The van der Waals surface area contributed by atoms with Crippen LogP contribution in [-0.4, -0.2) is 24.1 Å². The summed E-state index contributed by atoms with van der Waals surface area (Å²) in [7, 11) is 0. The first-order valence-corrected chi connectivity index (χ1v) is 18.9. The van der Waals surface area contributed by atoms with E-state index in [-0.39, 0.29) is 0 Å². The standard InChI is InChI=1S/C51H33N5/c1-2-13-34(14-3-1)35-25-27-36(28-26-35)39-15-12-16-40(33-39)37-29-31-38(32-30-37)49-52-50(55-45-21-8-4-17-41(45)42-18-5-9-22-46(42)55)54-51(53-49)56-47-23-10-6-19-43(47)44-20-7-11-24-48(44)56/h1-33H. The van der Waals surface area contributed by atoms with Gasteiger partial charge in [-0.15, -0.1) is 0 Å². The van der Waals surface area contributed by atoms with Crippen molar-refractivity contribution < 1.29 is 0 Å². The summed E-state index contributed by atoms with van der Waals surface area (Å²) in [4.78, 5) is 15.7. The van der Waals surface area contributed by atoms with E-state index in [4.69, 9.17) is 15.0 Å². The van der Waals surface area contributed by atoms with E-state index >= 15 is 0 Å². The quantitative estimate of drug-likeness (QED) is 0.172. The van der Waals surface area contributed by atoms with Gasteiger partial charge in [0.2, 0.25) is 11.9 Å². The first-order chi connectivity index (χ1) is 27.8. The van der Waals surface area contributed by atoms with Gasteiger partial charge in [0.25, 0.3) is 0 Å². The normalized spacial score (nSPS) is 11.6. The third-order valence-electron chi connectivity index (χ3n) is 10.8. The van der Waals surface area contributed by atoms with Gasteiger partial charge < -0.3 is 0 Å². The van der Waals surface area contributed by atoms with Gasteiger partial charge in [-0.2, -0.15) is 15.0 Å². The van der Waals surface area contributed by atoms with Crippen LogP contribution in [0.5, 0.6) is 0 Å². The van der Waals surface area contributed by atoms with Gasteiger partial charge >= 0.3 is 0 Å². The van der Waals surface area contributed by atoms with Gasteiger partial charge in [-0.25, -0.2) is 0 Å². The summed E-state index contributed by atoms with van der Waals surface area (Å²) in [5, 5.41) is 4.62. The Bertz CT molecular complexity index is 2990. The van der Waals surface area contributed by atoms with Crippen molar-refractivity contribution in [1.29, 1.82) is 0 Å². The highest BCUT2D eigenvalue weighted by molar-refractivity contribution is 6.10. The number of fused-ring (bicyclic) bond motifs is 6. The molecule has 0 saturated heterocycles. The number of hydrogen-bond donors (Lipinski definition) is 0. The Morgan fingerprint density at radius 3 is 1.00 bits per heavy atom. The van der Waals surface area contributed by atoms with E-state index in [9.17, 15) is 0 Å². The highest BCUT2D eigenvalue weighted by atomic mass is 15.3. The number of para-hydroxylation sites is 4. The molecule has 262 valence electrons. The largest absolute Gasteiger partial charge is 0.278 e. The van der Waals surface area contributed by atoms with Gasteiger partial charge in [0.1, 0.15) is 0 Å². The van der Waals surface area contributed by atoms with Crippen LogP contribution in [-0.2, 0) is 0 Å². The molecule has 0 bridgehead atoms.